The number of nitrogens with one attached hydrogen (secondary N) is 1. The first-order valence-electron chi connectivity index (χ1n) is 11.0. The molecule has 1 N–H and O–H groups in total. The van der Waals surface area contributed by atoms with Crippen molar-refractivity contribution in [3.05, 3.63) is 63.0 Å². The molecule has 2 amide bonds. The Morgan fingerprint density at radius 2 is 1.56 bits per heavy atom. The molecule has 8 heteroatoms. The quantitative estimate of drug-likeness (QED) is 0.721. The number of carbonyl (C=O) groups excluding carboxylic acids is 2. The Kier molecular flexibility index (Phi) is 7.61. The standard InChI is InChI=1S/C24H31ClN4O3/c1-16(2)13-27-14-20(23(31)26-17(3)4)22(30)21(15-27)24(32)29-11-9-28(10-12-29)19-7-5-18(25)6-8-19/h5-8,14-17H,9-13H2,1-4H3,(H,26,31). The molecule has 1 fully saturated rings. The van der Waals surface area contributed by atoms with E-state index < -0.39 is 11.3 Å². The minimum Gasteiger partial charge on any atom is -0.368 e. The molecule has 1 saturated heterocycles. The number of hydrogen-bond acceptors (Lipinski definition) is 4. The summed E-state index contributed by atoms with van der Waals surface area (Å²) >= 11 is 5.97. The summed E-state index contributed by atoms with van der Waals surface area (Å²) in [6, 6.07) is 7.50. The van der Waals surface area contributed by atoms with Crippen LogP contribution in [0.3, 0.4) is 0 Å². The Balaban J connectivity index is 1.82. The smallest absolute Gasteiger partial charge is 0.259 e. The maximum absolute atomic E-state index is 13.3. The van der Waals surface area contributed by atoms with Crippen LogP contribution in [0.15, 0.2) is 41.5 Å². The fourth-order valence-corrected chi connectivity index (χ4v) is 3.93. The van der Waals surface area contributed by atoms with E-state index in [2.05, 4.69) is 10.2 Å². The monoisotopic (exact) mass is 458 g/mol. The minimum atomic E-state index is -0.520. The molecule has 0 saturated carbocycles. The fraction of sp³-hybridized carbons (Fsp3) is 0.458. The molecule has 7 nitrogen and oxygen atoms in total. The van der Waals surface area contributed by atoms with Gasteiger partial charge < -0.3 is 19.7 Å². The lowest BCUT2D eigenvalue weighted by Gasteiger charge is -2.36. The van der Waals surface area contributed by atoms with Crippen molar-refractivity contribution in [2.24, 2.45) is 5.92 Å². The average Bonchev–Trinajstić information content (AvgIpc) is 2.74. The first-order valence-corrected chi connectivity index (χ1v) is 11.4. The molecule has 172 valence electrons. The van der Waals surface area contributed by atoms with Crippen LogP contribution in [-0.4, -0.2) is 53.5 Å². The Hall–Kier alpha value is -2.80. The Bertz CT molecular complexity index is 1020. The maximum atomic E-state index is 13.3. The van der Waals surface area contributed by atoms with Crippen LogP contribution in [-0.2, 0) is 6.54 Å². The number of nitrogens with zero attached hydrogens (tertiary/aromatic N) is 3. The fourth-order valence-electron chi connectivity index (χ4n) is 3.80. The summed E-state index contributed by atoms with van der Waals surface area (Å²) in [5.41, 5.74) is 0.577. The van der Waals surface area contributed by atoms with Crippen LogP contribution < -0.4 is 15.6 Å². The molecule has 0 radical (unpaired) electrons. The Labute approximate surface area is 194 Å². The van der Waals surface area contributed by atoms with E-state index in [1.54, 1.807) is 21.9 Å². The predicted molar refractivity (Wildman–Crippen MR) is 128 cm³/mol. The van der Waals surface area contributed by atoms with Crippen LogP contribution in [0.25, 0.3) is 0 Å². The van der Waals surface area contributed by atoms with Crippen LogP contribution in [0.2, 0.25) is 5.02 Å². The van der Waals surface area contributed by atoms with Gasteiger partial charge in [0.15, 0.2) is 0 Å². The van der Waals surface area contributed by atoms with Gasteiger partial charge in [0.25, 0.3) is 11.8 Å². The van der Waals surface area contributed by atoms with Gasteiger partial charge in [-0.1, -0.05) is 25.4 Å². The highest BCUT2D eigenvalue weighted by molar-refractivity contribution is 6.30. The molecule has 2 heterocycles. The van der Waals surface area contributed by atoms with Crippen molar-refractivity contribution in [3.8, 4) is 0 Å². The molecule has 32 heavy (non-hydrogen) atoms. The number of anilines is 1. The van der Waals surface area contributed by atoms with E-state index in [4.69, 9.17) is 11.6 Å². The van der Waals surface area contributed by atoms with Gasteiger partial charge in [0, 0.05) is 61.9 Å². The molecule has 2 aromatic rings. The highest BCUT2D eigenvalue weighted by atomic mass is 35.5. The number of piperazine rings is 1. The number of rotatable bonds is 6. The zero-order valence-corrected chi connectivity index (χ0v) is 19.9. The lowest BCUT2D eigenvalue weighted by Crippen LogP contribution is -2.50. The predicted octanol–water partition coefficient (Wildman–Crippen LogP) is 3.26. The van der Waals surface area contributed by atoms with Crippen LogP contribution in [0.5, 0.6) is 0 Å². The number of benzene rings is 1. The van der Waals surface area contributed by atoms with Crippen molar-refractivity contribution >= 4 is 29.1 Å². The minimum absolute atomic E-state index is 0.00463. The van der Waals surface area contributed by atoms with Crippen LogP contribution in [0.1, 0.15) is 48.4 Å². The van der Waals surface area contributed by atoms with Crippen LogP contribution in [0.4, 0.5) is 5.69 Å². The second-order valence-corrected chi connectivity index (χ2v) is 9.33. The van der Waals surface area contributed by atoms with Crippen molar-refractivity contribution in [2.75, 3.05) is 31.1 Å². The van der Waals surface area contributed by atoms with E-state index >= 15 is 0 Å². The van der Waals surface area contributed by atoms with Gasteiger partial charge in [-0.05, 0) is 44.0 Å². The van der Waals surface area contributed by atoms with Gasteiger partial charge in [0.2, 0.25) is 5.43 Å². The third-order valence-electron chi connectivity index (χ3n) is 5.31. The molecule has 0 atom stereocenters. The van der Waals surface area contributed by atoms with Gasteiger partial charge in [-0.25, -0.2) is 0 Å². The molecule has 0 unspecified atom stereocenters. The molecule has 0 aliphatic carbocycles. The normalized spacial score (nSPS) is 14.2. The number of aromatic nitrogens is 1. The molecule has 1 aliphatic rings. The summed E-state index contributed by atoms with van der Waals surface area (Å²) in [4.78, 5) is 42.9. The van der Waals surface area contributed by atoms with E-state index in [1.807, 2.05) is 52.0 Å². The largest absolute Gasteiger partial charge is 0.368 e. The first kappa shape index (κ1) is 23.9. The second kappa shape index (κ2) is 10.2. The van der Waals surface area contributed by atoms with E-state index in [0.29, 0.717) is 43.7 Å². The second-order valence-electron chi connectivity index (χ2n) is 8.89. The van der Waals surface area contributed by atoms with Gasteiger partial charge in [-0.2, -0.15) is 0 Å². The lowest BCUT2D eigenvalue weighted by molar-refractivity contribution is 0.0744. The molecule has 1 aromatic carbocycles. The number of pyridine rings is 1. The SMILES string of the molecule is CC(C)Cn1cc(C(=O)NC(C)C)c(=O)c(C(=O)N2CCN(c3ccc(Cl)cc3)CC2)c1. The van der Waals surface area contributed by atoms with Crippen molar-refractivity contribution < 1.29 is 9.59 Å². The number of carbonyl (C=O) groups is 2. The van der Waals surface area contributed by atoms with Crippen LogP contribution >= 0.6 is 11.6 Å². The third-order valence-corrected chi connectivity index (χ3v) is 5.56. The molecular formula is C24H31ClN4O3. The summed E-state index contributed by atoms with van der Waals surface area (Å²) in [5.74, 6) is -0.489. The Morgan fingerprint density at radius 3 is 2.12 bits per heavy atom. The molecule has 1 aromatic heterocycles. The molecule has 3 rings (SSSR count). The number of amides is 2. The summed E-state index contributed by atoms with van der Waals surface area (Å²) in [6.45, 7) is 10.7. The van der Waals surface area contributed by atoms with Crippen molar-refractivity contribution in [1.29, 1.82) is 0 Å². The highest BCUT2D eigenvalue weighted by Gasteiger charge is 2.26. The van der Waals surface area contributed by atoms with Gasteiger partial charge in [-0.15, -0.1) is 0 Å². The summed E-state index contributed by atoms with van der Waals surface area (Å²) in [6.07, 6.45) is 3.14. The summed E-state index contributed by atoms with van der Waals surface area (Å²) < 4.78 is 1.78. The first-order chi connectivity index (χ1) is 15.2. The van der Waals surface area contributed by atoms with E-state index in [0.717, 1.165) is 5.69 Å². The maximum Gasteiger partial charge on any atom is 0.259 e. The molecule has 0 spiro atoms. The Morgan fingerprint density at radius 1 is 0.969 bits per heavy atom. The zero-order chi connectivity index (χ0) is 23.4. The van der Waals surface area contributed by atoms with Gasteiger partial charge in [0.1, 0.15) is 11.1 Å². The molecule has 1 aliphatic heterocycles. The van der Waals surface area contributed by atoms with Gasteiger partial charge in [0.05, 0.1) is 0 Å². The molecule has 0 bridgehead atoms. The molecular weight excluding hydrogens is 428 g/mol. The zero-order valence-electron chi connectivity index (χ0n) is 19.1. The van der Waals surface area contributed by atoms with Gasteiger partial charge >= 0.3 is 0 Å². The van der Waals surface area contributed by atoms with Crippen molar-refractivity contribution in [3.63, 3.8) is 0 Å². The summed E-state index contributed by atoms with van der Waals surface area (Å²) in [7, 11) is 0. The van der Waals surface area contributed by atoms with Gasteiger partial charge in [-0.3, -0.25) is 14.4 Å². The van der Waals surface area contributed by atoms with Crippen molar-refractivity contribution in [2.45, 2.75) is 40.3 Å². The average molecular weight is 459 g/mol. The van der Waals surface area contributed by atoms with Crippen molar-refractivity contribution in [1.82, 2.24) is 14.8 Å². The number of halogens is 1. The van der Waals surface area contributed by atoms with E-state index in [9.17, 15) is 14.4 Å². The summed E-state index contributed by atoms with van der Waals surface area (Å²) in [5, 5.41) is 3.44. The van der Waals surface area contributed by atoms with Crippen LogP contribution in [0, 0.1) is 5.92 Å². The lowest BCUT2D eigenvalue weighted by atomic mass is 10.1. The highest BCUT2D eigenvalue weighted by Crippen LogP contribution is 2.20. The topological polar surface area (TPSA) is 74.6 Å². The van der Waals surface area contributed by atoms with E-state index in [1.165, 1.54) is 0 Å². The number of hydrogen-bond donors (Lipinski definition) is 1. The van der Waals surface area contributed by atoms with E-state index in [-0.39, 0.29) is 23.1 Å². The third kappa shape index (κ3) is 5.71.